The van der Waals surface area contributed by atoms with Gasteiger partial charge in [0.15, 0.2) is 5.78 Å². The summed E-state index contributed by atoms with van der Waals surface area (Å²) in [5.41, 5.74) is 5.62. The summed E-state index contributed by atoms with van der Waals surface area (Å²) in [5.74, 6) is -1.14. The number of carbonyl (C=O) groups excluding carboxylic acids is 3. The van der Waals surface area contributed by atoms with Crippen LogP contribution in [0.2, 0.25) is 0 Å². The lowest BCUT2D eigenvalue weighted by Crippen LogP contribution is -2.32. The highest BCUT2D eigenvalue weighted by Crippen LogP contribution is 2.42. The van der Waals surface area contributed by atoms with Gasteiger partial charge in [0.25, 0.3) is 0 Å². The average molecular weight is 551 g/mol. The Balaban J connectivity index is 1.86. The summed E-state index contributed by atoms with van der Waals surface area (Å²) < 4.78 is 0. The van der Waals surface area contributed by atoms with Gasteiger partial charge in [-0.2, -0.15) is 0 Å². The molecule has 2 aromatic carbocycles. The van der Waals surface area contributed by atoms with Gasteiger partial charge in [0, 0.05) is 18.9 Å². The predicted octanol–water partition coefficient (Wildman–Crippen LogP) is 5.71. The summed E-state index contributed by atoms with van der Waals surface area (Å²) in [5, 5.41) is 30.9. The van der Waals surface area contributed by atoms with Gasteiger partial charge < -0.3 is 15.3 Å². The summed E-state index contributed by atoms with van der Waals surface area (Å²) in [6, 6.07) is 10.6. The van der Waals surface area contributed by atoms with Crippen molar-refractivity contribution in [3.05, 3.63) is 63.7 Å². The molecule has 6 heteroatoms. The second-order valence-electron chi connectivity index (χ2n) is 12.2. The van der Waals surface area contributed by atoms with Crippen LogP contribution in [0.25, 0.3) is 0 Å². The van der Waals surface area contributed by atoms with Gasteiger partial charge in [-0.1, -0.05) is 58.0 Å². The molecule has 1 aliphatic carbocycles. The number of aryl methyl sites for hydroxylation is 2. The lowest BCUT2D eigenvalue weighted by molar-refractivity contribution is -0.131. The van der Waals surface area contributed by atoms with Crippen molar-refractivity contribution in [2.24, 2.45) is 17.8 Å². The first-order valence-corrected chi connectivity index (χ1v) is 14.7. The number of hydrogen-bond donors (Lipinski definition) is 3. The number of carbonyl (C=O) groups is 3. The lowest BCUT2D eigenvalue weighted by atomic mass is 9.71. The number of phenolic OH excluding ortho intramolecular Hbond substituents is 1. The number of phenols is 1. The zero-order chi connectivity index (χ0) is 29.6. The Labute approximate surface area is 238 Å². The van der Waals surface area contributed by atoms with Crippen molar-refractivity contribution in [1.82, 2.24) is 0 Å². The fourth-order valence-electron chi connectivity index (χ4n) is 6.22. The van der Waals surface area contributed by atoms with E-state index in [0.29, 0.717) is 37.2 Å². The number of fused-ring (bicyclic) bond motifs is 1. The van der Waals surface area contributed by atoms with E-state index in [1.165, 1.54) is 18.1 Å². The lowest BCUT2D eigenvalue weighted by Gasteiger charge is -2.32. The number of rotatable bonds is 14. The molecule has 0 saturated heterocycles. The average Bonchev–Trinajstić information content (AvgIpc) is 2.88. The molecule has 0 saturated carbocycles. The molecule has 3 N–H and O–H groups in total. The monoisotopic (exact) mass is 550 g/mol. The van der Waals surface area contributed by atoms with Gasteiger partial charge in [0.2, 0.25) is 0 Å². The third-order valence-electron chi connectivity index (χ3n) is 8.46. The van der Waals surface area contributed by atoms with Crippen molar-refractivity contribution in [2.75, 3.05) is 13.2 Å². The minimum absolute atomic E-state index is 0.0819. The first-order chi connectivity index (χ1) is 19.0. The molecule has 3 atom stereocenters. The van der Waals surface area contributed by atoms with E-state index in [1.54, 1.807) is 0 Å². The molecule has 1 aliphatic rings. The van der Waals surface area contributed by atoms with Gasteiger partial charge in [0.05, 0.1) is 18.6 Å². The molecule has 40 heavy (non-hydrogen) atoms. The van der Waals surface area contributed by atoms with Gasteiger partial charge in [-0.25, -0.2) is 0 Å². The maximum atomic E-state index is 13.5. The van der Waals surface area contributed by atoms with Gasteiger partial charge in [-0.15, -0.1) is 0 Å². The number of Topliss-reactive ketones (excluding diaryl/α,β-unsaturated/α-hetero) is 3. The minimum atomic E-state index is -0.748. The maximum absolute atomic E-state index is 13.5. The molecule has 0 radical (unpaired) electrons. The molecular weight excluding hydrogens is 504 g/mol. The largest absolute Gasteiger partial charge is 0.507 e. The summed E-state index contributed by atoms with van der Waals surface area (Å²) in [6.07, 6.45) is 2.76. The zero-order valence-corrected chi connectivity index (χ0v) is 24.7. The summed E-state index contributed by atoms with van der Waals surface area (Å²) in [6.45, 7) is 9.32. The predicted molar refractivity (Wildman–Crippen MR) is 157 cm³/mol. The van der Waals surface area contributed by atoms with E-state index in [4.69, 9.17) is 0 Å². The van der Waals surface area contributed by atoms with Gasteiger partial charge in [-0.3, -0.25) is 14.4 Å². The first-order valence-electron chi connectivity index (χ1n) is 14.7. The molecule has 218 valence electrons. The topological polar surface area (TPSA) is 112 Å². The third kappa shape index (κ3) is 7.67. The smallest absolute Gasteiger partial charge is 0.167 e. The molecular formula is C34H46O6. The SMILES string of the molecule is CC(=O)CC(=O)C(CO)C(CCO)CC1CC(=O)c2c(O)c(CCc3ccc(C(C)C)cc3)cc(C(C)C)c2C1. The van der Waals surface area contributed by atoms with Crippen LogP contribution in [-0.4, -0.2) is 45.9 Å². The number of aliphatic hydroxyl groups is 2. The summed E-state index contributed by atoms with van der Waals surface area (Å²) in [7, 11) is 0. The highest BCUT2D eigenvalue weighted by atomic mass is 16.3. The molecule has 0 heterocycles. The fraction of sp³-hybridized carbons (Fsp3) is 0.559. The third-order valence-corrected chi connectivity index (χ3v) is 8.46. The van der Waals surface area contributed by atoms with E-state index < -0.39 is 12.5 Å². The summed E-state index contributed by atoms with van der Waals surface area (Å²) in [4.78, 5) is 37.7. The molecule has 0 bridgehead atoms. The normalized spacial score (nSPS) is 16.7. The Kier molecular flexibility index (Phi) is 11.2. The van der Waals surface area contributed by atoms with Gasteiger partial charge >= 0.3 is 0 Å². The Morgan fingerprint density at radius 3 is 2.20 bits per heavy atom. The van der Waals surface area contributed by atoms with Crippen LogP contribution in [0.4, 0.5) is 0 Å². The van der Waals surface area contributed by atoms with E-state index in [1.807, 2.05) is 0 Å². The number of benzene rings is 2. The Morgan fingerprint density at radius 1 is 0.975 bits per heavy atom. The fourth-order valence-corrected chi connectivity index (χ4v) is 6.22. The van der Waals surface area contributed by atoms with Crippen LogP contribution in [0.15, 0.2) is 30.3 Å². The molecule has 0 fully saturated rings. The van der Waals surface area contributed by atoms with E-state index >= 15 is 0 Å². The van der Waals surface area contributed by atoms with Crippen LogP contribution in [0.1, 0.15) is 110 Å². The van der Waals surface area contributed by atoms with Crippen LogP contribution >= 0.6 is 0 Å². The Bertz CT molecular complexity index is 1190. The molecule has 3 unspecified atom stereocenters. The first kappa shape index (κ1) is 31.7. The molecule has 0 amide bonds. The van der Waals surface area contributed by atoms with E-state index in [2.05, 4.69) is 58.0 Å². The highest BCUT2D eigenvalue weighted by molar-refractivity contribution is 6.02. The summed E-state index contributed by atoms with van der Waals surface area (Å²) >= 11 is 0. The van der Waals surface area contributed by atoms with E-state index in [9.17, 15) is 29.7 Å². The molecule has 0 spiro atoms. The van der Waals surface area contributed by atoms with E-state index in [0.717, 1.165) is 23.1 Å². The van der Waals surface area contributed by atoms with Crippen LogP contribution in [0, 0.1) is 17.8 Å². The molecule has 2 aromatic rings. The number of hydrogen-bond acceptors (Lipinski definition) is 6. The molecule has 3 rings (SSSR count). The van der Waals surface area contributed by atoms with Crippen LogP contribution in [-0.2, 0) is 28.9 Å². The van der Waals surface area contributed by atoms with Gasteiger partial charge in [0.1, 0.15) is 17.3 Å². The van der Waals surface area contributed by atoms with Crippen molar-refractivity contribution in [3.63, 3.8) is 0 Å². The Morgan fingerprint density at radius 2 is 1.65 bits per heavy atom. The number of ketones is 3. The number of aromatic hydroxyl groups is 1. The van der Waals surface area contributed by atoms with Crippen LogP contribution in [0.3, 0.4) is 0 Å². The van der Waals surface area contributed by atoms with Crippen molar-refractivity contribution in [3.8, 4) is 5.75 Å². The van der Waals surface area contributed by atoms with Crippen molar-refractivity contribution >= 4 is 17.3 Å². The van der Waals surface area contributed by atoms with Crippen LogP contribution in [0.5, 0.6) is 5.75 Å². The minimum Gasteiger partial charge on any atom is -0.507 e. The van der Waals surface area contributed by atoms with Crippen molar-refractivity contribution in [2.45, 2.75) is 91.4 Å². The number of aliphatic hydroxyl groups excluding tert-OH is 2. The quantitative estimate of drug-likeness (QED) is 0.260. The molecule has 0 aliphatic heterocycles. The molecule has 6 nitrogen and oxygen atoms in total. The van der Waals surface area contributed by atoms with Crippen molar-refractivity contribution in [1.29, 1.82) is 0 Å². The van der Waals surface area contributed by atoms with Crippen molar-refractivity contribution < 1.29 is 29.7 Å². The zero-order valence-electron chi connectivity index (χ0n) is 24.7. The second kappa shape index (κ2) is 14.2. The van der Waals surface area contributed by atoms with Gasteiger partial charge in [-0.05, 0) is 90.5 Å². The standard InChI is InChI=1S/C34H46O6/c1-20(2)25-9-6-23(7-10-25)8-11-27-18-28(21(3)4)29-16-24(17-32(39)33(29)34(27)40)15-26(12-13-35)30(19-36)31(38)14-22(5)37/h6-7,9-10,18,20-21,24,26,30,35-36,40H,8,11-17,19H2,1-5H3. The van der Waals surface area contributed by atoms with E-state index in [-0.39, 0.29) is 60.3 Å². The molecule has 0 aromatic heterocycles. The Hall–Kier alpha value is -2.83. The highest BCUT2D eigenvalue weighted by Gasteiger charge is 2.35. The maximum Gasteiger partial charge on any atom is 0.167 e. The second-order valence-corrected chi connectivity index (χ2v) is 12.2. The van der Waals surface area contributed by atoms with Crippen LogP contribution < -0.4 is 0 Å².